The van der Waals surface area contributed by atoms with Crippen molar-refractivity contribution >= 4 is 0 Å². The van der Waals surface area contributed by atoms with Crippen LogP contribution in [0.3, 0.4) is 0 Å². The zero-order valence-electron chi connectivity index (χ0n) is 9.90. The first-order valence-electron chi connectivity index (χ1n) is 5.73. The zero-order valence-corrected chi connectivity index (χ0v) is 9.90. The van der Waals surface area contributed by atoms with Crippen molar-refractivity contribution in [2.75, 3.05) is 13.6 Å². The number of aliphatic hydroxyl groups is 1. The van der Waals surface area contributed by atoms with E-state index in [-0.39, 0.29) is 12.1 Å². The topological polar surface area (TPSA) is 43.7 Å². The van der Waals surface area contributed by atoms with Gasteiger partial charge in [-0.3, -0.25) is 4.90 Å². The van der Waals surface area contributed by atoms with Crippen LogP contribution in [0.5, 0.6) is 5.75 Å². The van der Waals surface area contributed by atoms with Gasteiger partial charge in [-0.05, 0) is 45.0 Å². The summed E-state index contributed by atoms with van der Waals surface area (Å²) in [5.74, 6) is 0.294. The van der Waals surface area contributed by atoms with Gasteiger partial charge < -0.3 is 10.2 Å². The standard InChI is InChI=1S/C13H19NO2/c1-13(7-4-8-14(13)2)12-10(9-15)5-3-6-11(12)16/h3,5-6,15-16H,4,7-9H2,1-2H3. The molecule has 3 heteroatoms. The molecule has 88 valence electrons. The summed E-state index contributed by atoms with van der Waals surface area (Å²) in [5, 5.41) is 19.4. The normalized spacial score (nSPS) is 26.2. The fraction of sp³-hybridized carbons (Fsp3) is 0.538. The maximum absolute atomic E-state index is 10.0. The summed E-state index contributed by atoms with van der Waals surface area (Å²) in [6.45, 7) is 3.15. The van der Waals surface area contributed by atoms with Crippen molar-refractivity contribution in [2.45, 2.75) is 31.9 Å². The maximum Gasteiger partial charge on any atom is 0.120 e. The van der Waals surface area contributed by atoms with Crippen LogP contribution in [-0.4, -0.2) is 28.7 Å². The lowest BCUT2D eigenvalue weighted by Crippen LogP contribution is -2.36. The molecule has 1 aromatic rings. The van der Waals surface area contributed by atoms with Crippen LogP contribution in [0.2, 0.25) is 0 Å². The van der Waals surface area contributed by atoms with Crippen LogP contribution in [0.15, 0.2) is 18.2 Å². The Labute approximate surface area is 96.3 Å². The van der Waals surface area contributed by atoms with Gasteiger partial charge in [0.05, 0.1) is 6.61 Å². The highest BCUT2D eigenvalue weighted by molar-refractivity contribution is 5.44. The van der Waals surface area contributed by atoms with Crippen molar-refractivity contribution in [2.24, 2.45) is 0 Å². The smallest absolute Gasteiger partial charge is 0.120 e. The van der Waals surface area contributed by atoms with E-state index in [1.807, 2.05) is 6.07 Å². The zero-order chi connectivity index (χ0) is 11.8. The highest BCUT2D eigenvalue weighted by atomic mass is 16.3. The van der Waals surface area contributed by atoms with Crippen LogP contribution in [0.1, 0.15) is 30.9 Å². The predicted molar refractivity (Wildman–Crippen MR) is 63.2 cm³/mol. The second-order valence-electron chi connectivity index (χ2n) is 4.77. The third-order valence-corrected chi connectivity index (χ3v) is 3.84. The highest BCUT2D eigenvalue weighted by Gasteiger charge is 2.38. The van der Waals surface area contributed by atoms with Crippen LogP contribution in [-0.2, 0) is 12.1 Å². The fourth-order valence-corrected chi connectivity index (χ4v) is 2.75. The summed E-state index contributed by atoms with van der Waals surface area (Å²) >= 11 is 0. The molecule has 0 aliphatic carbocycles. The van der Waals surface area contributed by atoms with Crippen LogP contribution < -0.4 is 0 Å². The third kappa shape index (κ3) is 1.60. The molecule has 3 nitrogen and oxygen atoms in total. The first-order chi connectivity index (χ1) is 7.59. The summed E-state index contributed by atoms with van der Waals surface area (Å²) in [4.78, 5) is 2.25. The van der Waals surface area contributed by atoms with Gasteiger partial charge >= 0.3 is 0 Å². The highest BCUT2D eigenvalue weighted by Crippen LogP contribution is 2.42. The number of phenolic OH excluding ortho intramolecular Hbond substituents is 1. The van der Waals surface area contributed by atoms with E-state index < -0.39 is 0 Å². The molecule has 1 aromatic carbocycles. The van der Waals surface area contributed by atoms with E-state index in [9.17, 15) is 10.2 Å². The number of rotatable bonds is 2. The molecule has 16 heavy (non-hydrogen) atoms. The number of hydrogen-bond donors (Lipinski definition) is 2. The molecule has 1 heterocycles. The Hall–Kier alpha value is -1.06. The average molecular weight is 221 g/mol. The van der Waals surface area contributed by atoms with E-state index in [4.69, 9.17) is 0 Å². The third-order valence-electron chi connectivity index (χ3n) is 3.84. The van der Waals surface area contributed by atoms with E-state index in [1.54, 1.807) is 12.1 Å². The van der Waals surface area contributed by atoms with Gasteiger partial charge in [0.25, 0.3) is 0 Å². The van der Waals surface area contributed by atoms with Crippen molar-refractivity contribution in [1.82, 2.24) is 4.90 Å². The van der Waals surface area contributed by atoms with Crippen molar-refractivity contribution in [3.05, 3.63) is 29.3 Å². The molecule has 1 atom stereocenters. The number of aliphatic hydroxyl groups excluding tert-OH is 1. The second-order valence-corrected chi connectivity index (χ2v) is 4.77. The van der Waals surface area contributed by atoms with Gasteiger partial charge in [0.15, 0.2) is 0 Å². The van der Waals surface area contributed by atoms with Gasteiger partial charge in [-0.1, -0.05) is 12.1 Å². The summed E-state index contributed by atoms with van der Waals surface area (Å²) in [6, 6.07) is 5.36. The molecule has 1 aliphatic heterocycles. The van der Waals surface area contributed by atoms with Crippen LogP contribution in [0, 0.1) is 0 Å². The molecule has 2 N–H and O–H groups in total. The molecular formula is C13H19NO2. The summed E-state index contributed by atoms with van der Waals surface area (Å²) in [7, 11) is 2.07. The van der Waals surface area contributed by atoms with E-state index in [0.29, 0.717) is 5.75 Å². The number of hydrogen-bond acceptors (Lipinski definition) is 3. The Morgan fingerprint density at radius 1 is 1.44 bits per heavy atom. The lowest BCUT2D eigenvalue weighted by Gasteiger charge is -2.34. The van der Waals surface area contributed by atoms with Crippen molar-refractivity contribution in [3.63, 3.8) is 0 Å². The van der Waals surface area contributed by atoms with Crippen LogP contribution in [0.4, 0.5) is 0 Å². The maximum atomic E-state index is 10.0. The average Bonchev–Trinajstić information content (AvgIpc) is 2.59. The minimum absolute atomic E-state index is 0.0207. The summed E-state index contributed by atoms with van der Waals surface area (Å²) < 4.78 is 0. The Bertz CT molecular complexity index is 392. The fourth-order valence-electron chi connectivity index (χ4n) is 2.75. The van der Waals surface area contributed by atoms with Gasteiger partial charge in [0, 0.05) is 11.1 Å². The molecule has 0 radical (unpaired) electrons. The largest absolute Gasteiger partial charge is 0.508 e. The predicted octanol–water partition coefficient (Wildman–Crippen LogP) is 1.83. The Balaban J connectivity index is 2.54. The van der Waals surface area contributed by atoms with E-state index in [0.717, 1.165) is 30.5 Å². The molecule has 1 unspecified atom stereocenters. The number of benzene rings is 1. The molecule has 0 amide bonds. The van der Waals surface area contributed by atoms with Gasteiger partial charge in [0.2, 0.25) is 0 Å². The molecule has 0 bridgehead atoms. The van der Waals surface area contributed by atoms with Crippen molar-refractivity contribution < 1.29 is 10.2 Å². The number of phenols is 1. The lowest BCUT2D eigenvalue weighted by atomic mass is 9.85. The molecule has 0 saturated carbocycles. The molecule has 2 rings (SSSR count). The first kappa shape index (κ1) is 11.4. The second kappa shape index (κ2) is 4.07. The van der Waals surface area contributed by atoms with E-state index >= 15 is 0 Å². The summed E-state index contributed by atoms with van der Waals surface area (Å²) in [6.07, 6.45) is 2.15. The molecule has 1 aliphatic rings. The summed E-state index contributed by atoms with van der Waals surface area (Å²) in [5.41, 5.74) is 1.57. The quantitative estimate of drug-likeness (QED) is 0.800. The lowest BCUT2D eigenvalue weighted by molar-refractivity contribution is 0.185. The molecule has 0 spiro atoms. The molecular weight excluding hydrogens is 202 g/mol. The number of aromatic hydroxyl groups is 1. The van der Waals surface area contributed by atoms with Gasteiger partial charge in [0.1, 0.15) is 5.75 Å². The van der Waals surface area contributed by atoms with Gasteiger partial charge in [-0.25, -0.2) is 0 Å². The Morgan fingerprint density at radius 2 is 2.19 bits per heavy atom. The SMILES string of the molecule is CN1CCCC1(C)c1c(O)cccc1CO. The minimum Gasteiger partial charge on any atom is -0.508 e. The molecule has 1 fully saturated rings. The van der Waals surface area contributed by atoms with E-state index in [2.05, 4.69) is 18.9 Å². The first-order valence-corrected chi connectivity index (χ1v) is 5.73. The molecule has 1 saturated heterocycles. The van der Waals surface area contributed by atoms with Crippen molar-refractivity contribution in [1.29, 1.82) is 0 Å². The van der Waals surface area contributed by atoms with E-state index in [1.165, 1.54) is 0 Å². The monoisotopic (exact) mass is 221 g/mol. The number of likely N-dealkylation sites (tertiary alicyclic amines) is 1. The van der Waals surface area contributed by atoms with Crippen molar-refractivity contribution in [3.8, 4) is 5.75 Å². The number of nitrogens with zero attached hydrogens (tertiary/aromatic N) is 1. The van der Waals surface area contributed by atoms with Crippen LogP contribution in [0.25, 0.3) is 0 Å². The van der Waals surface area contributed by atoms with Crippen LogP contribution >= 0.6 is 0 Å². The minimum atomic E-state index is -0.149. The Morgan fingerprint density at radius 3 is 2.75 bits per heavy atom. The van der Waals surface area contributed by atoms with Gasteiger partial charge in [-0.2, -0.15) is 0 Å². The van der Waals surface area contributed by atoms with Gasteiger partial charge in [-0.15, -0.1) is 0 Å². The molecule has 0 aromatic heterocycles. The Kier molecular flexibility index (Phi) is 2.91.